The van der Waals surface area contributed by atoms with Gasteiger partial charge in [-0.1, -0.05) is 0 Å². The second-order valence-electron chi connectivity index (χ2n) is 5.12. The zero-order valence-electron chi connectivity index (χ0n) is 12.5. The quantitative estimate of drug-likeness (QED) is 0.725. The van der Waals surface area contributed by atoms with E-state index in [1.807, 2.05) is 32.0 Å². The third-order valence-corrected chi connectivity index (χ3v) is 3.29. The Labute approximate surface area is 127 Å². The standard InChI is InChI=1S/C15H17N5O2/c1-10-9-11(2)20-15(17-10)18-13(19-20)14(21)16-7-3-5-12-6-4-8-22-12/h4,6,8-9H,3,5,7H2,1-2H3,(H,16,21). The summed E-state index contributed by atoms with van der Waals surface area (Å²) in [4.78, 5) is 20.5. The molecule has 3 aromatic heterocycles. The average Bonchev–Trinajstić information content (AvgIpc) is 3.12. The van der Waals surface area contributed by atoms with Crippen molar-refractivity contribution in [1.82, 2.24) is 24.9 Å². The predicted molar refractivity (Wildman–Crippen MR) is 79.6 cm³/mol. The van der Waals surface area contributed by atoms with Gasteiger partial charge in [0.1, 0.15) is 5.76 Å². The van der Waals surface area contributed by atoms with Crippen LogP contribution in [-0.4, -0.2) is 32.0 Å². The number of amides is 1. The highest BCUT2D eigenvalue weighted by Crippen LogP contribution is 2.06. The van der Waals surface area contributed by atoms with Crippen LogP contribution in [0.3, 0.4) is 0 Å². The van der Waals surface area contributed by atoms with Crippen LogP contribution in [0.15, 0.2) is 28.9 Å². The van der Waals surface area contributed by atoms with Gasteiger partial charge in [-0.3, -0.25) is 4.79 Å². The molecule has 0 saturated carbocycles. The Bertz CT molecular complexity index is 792. The van der Waals surface area contributed by atoms with Crippen LogP contribution in [0.25, 0.3) is 5.78 Å². The highest BCUT2D eigenvalue weighted by molar-refractivity contribution is 5.90. The minimum absolute atomic E-state index is 0.138. The maximum Gasteiger partial charge on any atom is 0.291 e. The first-order chi connectivity index (χ1) is 10.6. The van der Waals surface area contributed by atoms with Crippen molar-refractivity contribution >= 4 is 11.7 Å². The smallest absolute Gasteiger partial charge is 0.291 e. The molecule has 7 nitrogen and oxygen atoms in total. The number of fused-ring (bicyclic) bond motifs is 1. The van der Waals surface area contributed by atoms with Crippen LogP contribution in [0.4, 0.5) is 0 Å². The fourth-order valence-corrected chi connectivity index (χ4v) is 2.26. The van der Waals surface area contributed by atoms with Gasteiger partial charge in [-0.15, -0.1) is 5.10 Å². The lowest BCUT2D eigenvalue weighted by Crippen LogP contribution is -2.26. The van der Waals surface area contributed by atoms with Crippen molar-refractivity contribution in [3.8, 4) is 0 Å². The summed E-state index contributed by atoms with van der Waals surface area (Å²) in [6, 6.07) is 5.67. The van der Waals surface area contributed by atoms with Gasteiger partial charge in [0.05, 0.1) is 6.26 Å². The van der Waals surface area contributed by atoms with Crippen molar-refractivity contribution in [1.29, 1.82) is 0 Å². The number of furan rings is 1. The third-order valence-electron chi connectivity index (χ3n) is 3.29. The highest BCUT2D eigenvalue weighted by atomic mass is 16.3. The number of hydrogen-bond donors (Lipinski definition) is 1. The molecular formula is C15H17N5O2. The monoisotopic (exact) mass is 299 g/mol. The van der Waals surface area contributed by atoms with Gasteiger partial charge in [0.15, 0.2) is 0 Å². The lowest BCUT2D eigenvalue weighted by molar-refractivity contribution is 0.0943. The van der Waals surface area contributed by atoms with Gasteiger partial charge < -0.3 is 9.73 Å². The summed E-state index contributed by atoms with van der Waals surface area (Å²) in [5, 5.41) is 7.00. The van der Waals surface area contributed by atoms with Crippen molar-refractivity contribution in [2.45, 2.75) is 26.7 Å². The molecule has 7 heteroatoms. The molecular weight excluding hydrogens is 282 g/mol. The Kier molecular flexibility index (Phi) is 3.86. The molecule has 0 radical (unpaired) electrons. The average molecular weight is 299 g/mol. The van der Waals surface area contributed by atoms with E-state index >= 15 is 0 Å². The van der Waals surface area contributed by atoms with Crippen LogP contribution in [0.1, 0.15) is 34.2 Å². The summed E-state index contributed by atoms with van der Waals surface area (Å²) < 4.78 is 6.81. The second-order valence-corrected chi connectivity index (χ2v) is 5.12. The maximum absolute atomic E-state index is 12.1. The van der Waals surface area contributed by atoms with E-state index in [-0.39, 0.29) is 11.7 Å². The fraction of sp³-hybridized carbons (Fsp3) is 0.333. The molecule has 0 bridgehead atoms. The van der Waals surface area contributed by atoms with Crippen molar-refractivity contribution in [2.75, 3.05) is 6.54 Å². The van der Waals surface area contributed by atoms with Crippen LogP contribution >= 0.6 is 0 Å². The SMILES string of the molecule is Cc1cc(C)n2nc(C(=O)NCCCc3ccco3)nc2n1. The molecule has 0 spiro atoms. The minimum atomic E-state index is -0.290. The predicted octanol–water partition coefficient (Wildman–Crippen LogP) is 1.70. The number of aryl methyl sites for hydroxylation is 3. The molecule has 0 aliphatic heterocycles. The first-order valence-corrected chi connectivity index (χ1v) is 7.15. The maximum atomic E-state index is 12.1. The Morgan fingerprint density at radius 2 is 2.23 bits per heavy atom. The van der Waals surface area contributed by atoms with Gasteiger partial charge in [-0.25, -0.2) is 9.50 Å². The van der Waals surface area contributed by atoms with E-state index in [1.54, 1.807) is 10.8 Å². The Balaban J connectivity index is 1.61. The van der Waals surface area contributed by atoms with Gasteiger partial charge in [0.2, 0.25) is 5.82 Å². The second kappa shape index (κ2) is 5.97. The zero-order chi connectivity index (χ0) is 15.5. The summed E-state index contributed by atoms with van der Waals surface area (Å²) in [7, 11) is 0. The summed E-state index contributed by atoms with van der Waals surface area (Å²) in [5.41, 5.74) is 1.75. The lowest BCUT2D eigenvalue weighted by Gasteiger charge is -2.00. The molecule has 3 aromatic rings. The van der Waals surface area contributed by atoms with E-state index in [1.165, 1.54) is 0 Å². The number of nitrogens with zero attached hydrogens (tertiary/aromatic N) is 4. The van der Waals surface area contributed by atoms with Crippen LogP contribution in [0, 0.1) is 13.8 Å². The molecule has 22 heavy (non-hydrogen) atoms. The summed E-state index contributed by atoms with van der Waals surface area (Å²) in [5.74, 6) is 1.20. The van der Waals surface area contributed by atoms with E-state index in [0.717, 1.165) is 30.0 Å². The van der Waals surface area contributed by atoms with Crippen molar-refractivity contribution in [3.63, 3.8) is 0 Å². The van der Waals surface area contributed by atoms with Gasteiger partial charge in [0, 0.05) is 24.4 Å². The van der Waals surface area contributed by atoms with Crippen molar-refractivity contribution in [2.24, 2.45) is 0 Å². The van der Waals surface area contributed by atoms with Crippen molar-refractivity contribution in [3.05, 3.63) is 47.4 Å². The molecule has 0 aliphatic rings. The van der Waals surface area contributed by atoms with Crippen LogP contribution in [-0.2, 0) is 6.42 Å². The van der Waals surface area contributed by atoms with Crippen LogP contribution in [0.5, 0.6) is 0 Å². The largest absolute Gasteiger partial charge is 0.469 e. The number of hydrogen-bond acceptors (Lipinski definition) is 5. The molecule has 1 amide bonds. The molecule has 114 valence electrons. The van der Waals surface area contributed by atoms with Crippen molar-refractivity contribution < 1.29 is 9.21 Å². The number of carbonyl (C=O) groups excluding carboxylic acids is 1. The van der Waals surface area contributed by atoms with Crippen LogP contribution in [0.2, 0.25) is 0 Å². The molecule has 3 heterocycles. The van der Waals surface area contributed by atoms with E-state index in [4.69, 9.17) is 4.42 Å². The van der Waals surface area contributed by atoms with Gasteiger partial charge in [-0.2, -0.15) is 4.98 Å². The van der Waals surface area contributed by atoms with E-state index in [2.05, 4.69) is 20.4 Å². The molecule has 1 N–H and O–H groups in total. The van der Waals surface area contributed by atoms with E-state index in [9.17, 15) is 4.79 Å². The summed E-state index contributed by atoms with van der Waals surface area (Å²) in [6.45, 7) is 4.33. The van der Waals surface area contributed by atoms with E-state index in [0.29, 0.717) is 12.3 Å². The third kappa shape index (κ3) is 2.98. The number of nitrogens with one attached hydrogen (secondary N) is 1. The molecule has 3 rings (SSSR count). The molecule has 0 atom stereocenters. The molecule has 0 saturated heterocycles. The molecule has 0 aliphatic carbocycles. The normalized spacial score (nSPS) is 11.0. The molecule has 0 unspecified atom stereocenters. The van der Waals surface area contributed by atoms with Gasteiger partial charge in [-0.05, 0) is 38.5 Å². The van der Waals surface area contributed by atoms with Gasteiger partial charge in [0.25, 0.3) is 11.7 Å². The fourth-order valence-electron chi connectivity index (χ4n) is 2.26. The molecule has 0 fully saturated rings. The summed E-state index contributed by atoms with van der Waals surface area (Å²) >= 11 is 0. The Morgan fingerprint density at radius 3 is 3.00 bits per heavy atom. The first kappa shape index (κ1) is 14.2. The zero-order valence-corrected chi connectivity index (χ0v) is 12.5. The Morgan fingerprint density at radius 1 is 1.36 bits per heavy atom. The minimum Gasteiger partial charge on any atom is -0.469 e. The topological polar surface area (TPSA) is 85.3 Å². The molecule has 0 aromatic carbocycles. The van der Waals surface area contributed by atoms with E-state index < -0.39 is 0 Å². The number of aromatic nitrogens is 4. The number of carbonyl (C=O) groups is 1. The van der Waals surface area contributed by atoms with Crippen LogP contribution < -0.4 is 5.32 Å². The lowest BCUT2D eigenvalue weighted by atomic mass is 10.2. The number of rotatable bonds is 5. The Hall–Kier alpha value is -2.70. The summed E-state index contributed by atoms with van der Waals surface area (Å²) in [6.07, 6.45) is 3.22. The first-order valence-electron chi connectivity index (χ1n) is 7.15. The highest BCUT2D eigenvalue weighted by Gasteiger charge is 2.14. The van der Waals surface area contributed by atoms with Gasteiger partial charge >= 0.3 is 0 Å².